The molecular weight excluding hydrogens is 354 g/mol. The summed E-state index contributed by atoms with van der Waals surface area (Å²) < 4.78 is 28.5. The highest BCUT2D eigenvalue weighted by atomic mass is 79.9. The molecule has 4 nitrogen and oxygen atoms in total. The van der Waals surface area contributed by atoms with Crippen molar-refractivity contribution in [3.63, 3.8) is 0 Å². The second-order valence-electron chi connectivity index (χ2n) is 3.91. The Morgan fingerprint density at radius 2 is 1.95 bits per heavy atom. The lowest BCUT2D eigenvalue weighted by Gasteiger charge is -2.18. The van der Waals surface area contributed by atoms with Crippen LogP contribution in [0.25, 0.3) is 0 Å². The molecule has 0 aromatic heterocycles. The van der Waals surface area contributed by atoms with Crippen LogP contribution in [0.4, 0.5) is 0 Å². The van der Waals surface area contributed by atoms with Crippen LogP contribution in [0.3, 0.4) is 0 Å². The van der Waals surface area contributed by atoms with E-state index in [2.05, 4.69) is 34.7 Å². The molecule has 0 N–H and O–H groups in total. The van der Waals surface area contributed by atoms with Crippen molar-refractivity contribution in [3.05, 3.63) is 22.7 Å². The van der Waals surface area contributed by atoms with Gasteiger partial charge in [-0.3, -0.25) is 0 Å². The minimum atomic E-state index is -3.71. The van der Waals surface area contributed by atoms with E-state index in [1.165, 1.54) is 12.1 Å². The Bertz CT molecular complexity index is 518. The van der Waals surface area contributed by atoms with Gasteiger partial charge in [-0.1, -0.05) is 13.8 Å². The molecular formula is C12H17BrClNO3S. The normalized spacial score (nSPS) is 11.8. The molecule has 0 spiro atoms. The van der Waals surface area contributed by atoms with Crippen molar-refractivity contribution in [3.8, 4) is 5.75 Å². The first kappa shape index (κ1) is 16.8. The van der Waals surface area contributed by atoms with Crippen molar-refractivity contribution < 1.29 is 13.2 Å². The lowest BCUT2D eigenvalue weighted by Crippen LogP contribution is -2.27. The van der Waals surface area contributed by atoms with Gasteiger partial charge in [0.2, 0.25) is 0 Å². The number of likely N-dealkylation sites (N-methyl/N-ethyl adjacent to an activating group) is 1. The minimum Gasteiger partial charge on any atom is -0.491 e. The molecule has 0 fully saturated rings. The van der Waals surface area contributed by atoms with Crippen LogP contribution in [-0.4, -0.2) is 39.6 Å². The zero-order valence-corrected chi connectivity index (χ0v) is 14.1. The van der Waals surface area contributed by atoms with E-state index < -0.39 is 9.05 Å². The standard InChI is InChI=1S/C12H17BrClNO3S/c1-3-15(4-2)7-8-18-12-6-5-10(9-11(12)13)19(14,16)17/h5-6,9H,3-4,7-8H2,1-2H3. The molecule has 0 aliphatic rings. The molecule has 1 aromatic rings. The molecule has 7 heteroatoms. The van der Waals surface area contributed by atoms with E-state index in [9.17, 15) is 8.42 Å². The molecule has 108 valence electrons. The van der Waals surface area contributed by atoms with E-state index in [0.717, 1.165) is 19.6 Å². The summed E-state index contributed by atoms with van der Waals surface area (Å²) in [4.78, 5) is 2.29. The summed E-state index contributed by atoms with van der Waals surface area (Å²) in [7, 11) is 1.56. The maximum Gasteiger partial charge on any atom is 0.261 e. The Morgan fingerprint density at radius 1 is 1.32 bits per heavy atom. The first-order valence-electron chi connectivity index (χ1n) is 5.97. The molecule has 1 rings (SSSR count). The molecule has 0 saturated heterocycles. The van der Waals surface area contributed by atoms with Gasteiger partial charge in [-0.15, -0.1) is 0 Å². The van der Waals surface area contributed by atoms with Crippen molar-refractivity contribution in [2.75, 3.05) is 26.2 Å². The first-order valence-corrected chi connectivity index (χ1v) is 9.08. The van der Waals surface area contributed by atoms with E-state index in [1.54, 1.807) is 6.07 Å². The van der Waals surface area contributed by atoms with Crippen LogP contribution in [0.1, 0.15) is 13.8 Å². The van der Waals surface area contributed by atoms with Gasteiger partial charge in [-0.25, -0.2) is 8.42 Å². The zero-order chi connectivity index (χ0) is 14.5. The number of hydrogen-bond acceptors (Lipinski definition) is 4. The van der Waals surface area contributed by atoms with Gasteiger partial charge in [0.05, 0.1) is 9.37 Å². The highest BCUT2D eigenvalue weighted by Gasteiger charge is 2.12. The van der Waals surface area contributed by atoms with Crippen LogP contribution in [-0.2, 0) is 9.05 Å². The summed E-state index contributed by atoms with van der Waals surface area (Å²) in [6.07, 6.45) is 0. The summed E-state index contributed by atoms with van der Waals surface area (Å²) in [6.45, 7) is 7.52. The van der Waals surface area contributed by atoms with Gasteiger partial charge in [-0.2, -0.15) is 0 Å². The Balaban J connectivity index is 2.66. The van der Waals surface area contributed by atoms with Gasteiger partial charge in [0, 0.05) is 17.2 Å². The van der Waals surface area contributed by atoms with Crippen LogP contribution in [0.2, 0.25) is 0 Å². The van der Waals surface area contributed by atoms with Gasteiger partial charge in [0.1, 0.15) is 12.4 Å². The number of nitrogens with zero attached hydrogens (tertiary/aromatic N) is 1. The van der Waals surface area contributed by atoms with Crippen molar-refractivity contribution in [2.24, 2.45) is 0 Å². The molecule has 0 saturated carbocycles. The average molecular weight is 371 g/mol. The third-order valence-electron chi connectivity index (χ3n) is 2.74. The van der Waals surface area contributed by atoms with Crippen LogP contribution in [0, 0.1) is 0 Å². The molecule has 0 heterocycles. The molecule has 0 aliphatic heterocycles. The number of hydrogen-bond donors (Lipinski definition) is 0. The van der Waals surface area contributed by atoms with Crippen LogP contribution < -0.4 is 4.74 Å². The Labute approximate surface area is 127 Å². The van der Waals surface area contributed by atoms with Crippen LogP contribution in [0.5, 0.6) is 5.75 Å². The fourth-order valence-corrected chi connectivity index (χ4v) is 3.00. The largest absolute Gasteiger partial charge is 0.491 e. The fraction of sp³-hybridized carbons (Fsp3) is 0.500. The summed E-state index contributed by atoms with van der Waals surface area (Å²) in [5, 5.41) is 0. The van der Waals surface area contributed by atoms with E-state index in [-0.39, 0.29) is 4.90 Å². The summed E-state index contributed by atoms with van der Waals surface area (Å²) in [6, 6.07) is 4.47. The monoisotopic (exact) mass is 369 g/mol. The molecule has 0 amide bonds. The highest BCUT2D eigenvalue weighted by Crippen LogP contribution is 2.29. The topological polar surface area (TPSA) is 46.6 Å². The lowest BCUT2D eigenvalue weighted by atomic mass is 10.3. The maximum atomic E-state index is 11.2. The number of benzene rings is 1. The van der Waals surface area contributed by atoms with Gasteiger partial charge >= 0.3 is 0 Å². The van der Waals surface area contributed by atoms with Crippen molar-refractivity contribution in [1.82, 2.24) is 4.90 Å². The Morgan fingerprint density at radius 3 is 2.42 bits per heavy atom. The van der Waals surface area contributed by atoms with Crippen LogP contribution in [0.15, 0.2) is 27.6 Å². The Kier molecular flexibility index (Phi) is 6.59. The van der Waals surface area contributed by atoms with E-state index in [4.69, 9.17) is 15.4 Å². The molecule has 0 bridgehead atoms. The van der Waals surface area contributed by atoms with Gasteiger partial charge in [0.15, 0.2) is 0 Å². The number of rotatable bonds is 7. The second-order valence-corrected chi connectivity index (χ2v) is 7.33. The Hall–Kier alpha value is -0.300. The van der Waals surface area contributed by atoms with E-state index >= 15 is 0 Å². The molecule has 0 atom stereocenters. The third-order valence-corrected chi connectivity index (χ3v) is 4.72. The zero-order valence-electron chi connectivity index (χ0n) is 10.9. The highest BCUT2D eigenvalue weighted by molar-refractivity contribution is 9.10. The van der Waals surface area contributed by atoms with E-state index in [0.29, 0.717) is 16.8 Å². The van der Waals surface area contributed by atoms with E-state index in [1.807, 2.05) is 0 Å². The number of halogens is 2. The van der Waals surface area contributed by atoms with Crippen molar-refractivity contribution >= 4 is 35.7 Å². The fourth-order valence-electron chi connectivity index (χ4n) is 1.57. The summed E-state index contributed by atoms with van der Waals surface area (Å²) in [5.41, 5.74) is 0. The maximum absolute atomic E-state index is 11.2. The minimum absolute atomic E-state index is 0.0529. The quantitative estimate of drug-likeness (QED) is 0.692. The molecule has 0 radical (unpaired) electrons. The molecule has 0 unspecified atom stereocenters. The van der Waals surface area contributed by atoms with Gasteiger partial charge in [0.25, 0.3) is 9.05 Å². The molecule has 0 aliphatic carbocycles. The summed E-state index contributed by atoms with van der Waals surface area (Å²) in [5.74, 6) is 0.608. The average Bonchev–Trinajstić information content (AvgIpc) is 2.35. The van der Waals surface area contributed by atoms with Crippen LogP contribution >= 0.6 is 26.6 Å². The SMILES string of the molecule is CCN(CC)CCOc1ccc(S(=O)(=O)Cl)cc1Br. The predicted octanol–water partition coefficient (Wildman–Crippen LogP) is 3.10. The first-order chi connectivity index (χ1) is 8.88. The lowest BCUT2D eigenvalue weighted by molar-refractivity contribution is 0.222. The summed E-state index contributed by atoms with van der Waals surface area (Å²) >= 11 is 3.28. The smallest absolute Gasteiger partial charge is 0.261 e. The molecule has 19 heavy (non-hydrogen) atoms. The van der Waals surface area contributed by atoms with Crippen molar-refractivity contribution in [2.45, 2.75) is 18.7 Å². The molecule has 1 aromatic carbocycles. The van der Waals surface area contributed by atoms with Gasteiger partial charge in [-0.05, 0) is 47.2 Å². The van der Waals surface area contributed by atoms with Gasteiger partial charge < -0.3 is 9.64 Å². The predicted molar refractivity (Wildman–Crippen MR) is 80.5 cm³/mol. The third kappa shape index (κ3) is 5.30. The number of ether oxygens (including phenoxy) is 1. The second kappa shape index (κ2) is 7.47. The van der Waals surface area contributed by atoms with Crippen molar-refractivity contribution in [1.29, 1.82) is 0 Å².